The quantitative estimate of drug-likeness (QED) is 0.607. The van der Waals surface area contributed by atoms with Crippen molar-refractivity contribution in [2.75, 3.05) is 6.54 Å². The molecule has 3 rings (SSSR count). The lowest BCUT2D eigenvalue weighted by Gasteiger charge is -2.11. The number of benzene rings is 1. The van der Waals surface area contributed by atoms with Gasteiger partial charge in [-0.05, 0) is 44.0 Å². The highest BCUT2D eigenvalue weighted by Crippen LogP contribution is 2.20. The van der Waals surface area contributed by atoms with Gasteiger partial charge in [-0.3, -0.25) is 4.79 Å². The van der Waals surface area contributed by atoms with Crippen LogP contribution in [0, 0.1) is 6.92 Å². The Morgan fingerprint density at radius 2 is 2.00 bits per heavy atom. The van der Waals surface area contributed by atoms with Crippen molar-refractivity contribution in [1.82, 2.24) is 14.7 Å². The lowest BCUT2D eigenvalue weighted by Crippen LogP contribution is -2.29. The van der Waals surface area contributed by atoms with Crippen molar-refractivity contribution in [3.8, 4) is 5.75 Å². The van der Waals surface area contributed by atoms with Crippen molar-refractivity contribution in [3.63, 3.8) is 0 Å². The third-order valence-electron chi connectivity index (χ3n) is 4.12. The lowest BCUT2D eigenvalue weighted by molar-refractivity contribution is 0.0948. The monoisotopic (exact) mass is 424 g/mol. The molecule has 2 aromatic heterocycles. The number of halogens is 2. The molecule has 0 radical (unpaired) electrons. The van der Waals surface area contributed by atoms with Gasteiger partial charge in [-0.25, -0.2) is 4.98 Å². The highest BCUT2D eigenvalue weighted by molar-refractivity contribution is 5.96. The molecular formula is C20H26Cl2N4O2. The zero-order chi connectivity index (χ0) is 18.5. The number of hydrogen-bond donors (Lipinski definition) is 2. The number of aryl methyl sites for hydroxylation is 1. The van der Waals surface area contributed by atoms with E-state index in [0.29, 0.717) is 24.5 Å². The number of rotatable bonds is 7. The van der Waals surface area contributed by atoms with Crippen LogP contribution in [0.1, 0.15) is 35.0 Å². The molecule has 0 saturated heterocycles. The lowest BCUT2D eigenvalue weighted by atomic mass is 10.2. The van der Waals surface area contributed by atoms with Crippen LogP contribution in [0.2, 0.25) is 0 Å². The molecule has 0 aliphatic rings. The van der Waals surface area contributed by atoms with E-state index in [1.54, 1.807) is 12.1 Å². The Labute approximate surface area is 177 Å². The van der Waals surface area contributed by atoms with Gasteiger partial charge in [-0.2, -0.15) is 0 Å². The first-order valence-corrected chi connectivity index (χ1v) is 8.73. The van der Waals surface area contributed by atoms with Gasteiger partial charge >= 0.3 is 0 Å². The van der Waals surface area contributed by atoms with Crippen molar-refractivity contribution in [2.24, 2.45) is 5.73 Å². The minimum Gasteiger partial charge on any atom is -0.486 e. The molecule has 1 atom stereocenters. The van der Waals surface area contributed by atoms with E-state index >= 15 is 0 Å². The summed E-state index contributed by atoms with van der Waals surface area (Å²) in [6, 6.07) is 11.3. The first-order chi connectivity index (χ1) is 12.5. The van der Waals surface area contributed by atoms with Crippen LogP contribution < -0.4 is 15.8 Å². The van der Waals surface area contributed by atoms with E-state index in [4.69, 9.17) is 10.5 Å². The molecule has 152 valence electrons. The summed E-state index contributed by atoms with van der Waals surface area (Å²) in [5.74, 6) is 0.381. The molecule has 0 spiro atoms. The Kier molecular flexibility index (Phi) is 9.25. The molecule has 6 nitrogen and oxygen atoms in total. The Morgan fingerprint density at radius 3 is 2.71 bits per heavy atom. The van der Waals surface area contributed by atoms with Gasteiger partial charge in [0, 0.05) is 25.0 Å². The average Bonchev–Trinajstić information content (AvgIpc) is 3.04. The summed E-state index contributed by atoms with van der Waals surface area (Å²) >= 11 is 0. The zero-order valence-corrected chi connectivity index (χ0v) is 17.6. The smallest absolute Gasteiger partial charge is 0.255 e. The number of fused-ring (bicyclic) bond motifs is 1. The van der Waals surface area contributed by atoms with Gasteiger partial charge in [0.05, 0.1) is 11.3 Å². The number of aromatic nitrogens is 2. The van der Waals surface area contributed by atoms with Crippen LogP contribution in [-0.2, 0) is 6.61 Å². The molecule has 0 fully saturated rings. The summed E-state index contributed by atoms with van der Waals surface area (Å²) < 4.78 is 7.85. The normalized spacial score (nSPS) is 11.2. The van der Waals surface area contributed by atoms with Crippen molar-refractivity contribution in [2.45, 2.75) is 32.9 Å². The largest absolute Gasteiger partial charge is 0.486 e. The molecule has 8 heteroatoms. The van der Waals surface area contributed by atoms with E-state index in [-0.39, 0.29) is 36.8 Å². The van der Waals surface area contributed by atoms with Gasteiger partial charge in [-0.15, -0.1) is 24.8 Å². The standard InChI is InChI=1S/C20H24N4O2.2ClH/c1-14-6-5-11-24-12-16(23-19(14)24)13-26-18-8-4-3-7-17(18)20(25)22-10-9-15(2)21;;/h3-8,11-12,15H,9-10,13,21H2,1-2H3,(H,22,25);2*1H. The number of carbonyl (C=O) groups is 1. The fraction of sp³-hybridized carbons (Fsp3) is 0.300. The molecule has 1 amide bonds. The van der Waals surface area contributed by atoms with Gasteiger partial charge in [0.1, 0.15) is 18.0 Å². The van der Waals surface area contributed by atoms with Crippen molar-refractivity contribution >= 4 is 36.4 Å². The maximum atomic E-state index is 12.4. The van der Waals surface area contributed by atoms with Gasteiger partial charge in [-0.1, -0.05) is 18.2 Å². The maximum Gasteiger partial charge on any atom is 0.255 e. The average molecular weight is 425 g/mol. The van der Waals surface area contributed by atoms with E-state index < -0.39 is 0 Å². The maximum absolute atomic E-state index is 12.4. The summed E-state index contributed by atoms with van der Waals surface area (Å²) in [5, 5.41) is 2.88. The molecule has 1 unspecified atom stereocenters. The van der Waals surface area contributed by atoms with E-state index in [1.807, 2.05) is 54.9 Å². The highest BCUT2D eigenvalue weighted by atomic mass is 35.5. The van der Waals surface area contributed by atoms with Gasteiger partial charge < -0.3 is 20.2 Å². The highest BCUT2D eigenvalue weighted by Gasteiger charge is 2.13. The summed E-state index contributed by atoms with van der Waals surface area (Å²) in [7, 11) is 0. The number of ether oxygens (including phenoxy) is 1. The topological polar surface area (TPSA) is 81.7 Å². The van der Waals surface area contributed by atoms with Crippen LogP contribution in [0.15, 0.2) is 48.8 Å². The molecule has 3 aromatic rings. The number of para-hydroxylation sites is 1. The summed E-state index contributed by atoms with van der Waals surface area (Å²) in [5.41, 5.74) is 9.05. The molecule has 3 N–H and O–H groups in total. The van der Waals surface area contributed by atoms with Crippen LogP contribution >= 0.6 is 24.8 Å². The fourth-order valence-corrected chi connectivity index (χ4v) is 2.71. The van der Waals surface area contributed by atoms with Crippen LogP contribution in [0.25, 0.3) is 5.65 Å². The third kappa shape index (κ3) is 5.86. The van der Waals surface area contributed by atoms with Crippen molar-refractivity contribution in [1.29, 1.82) is 0 Å². The third-order valence-corrected chi connectivity index (χ3v) is 4.12. The van der Waals surface area contributed by atoms with Gasteiger partial charge in [0.15, 0.2) is 0 Å². The molecule has 28 heavy (non-hydrogen) atoms. The minimum absolute atomic E-state index is 0. The first kappa shape index (κ1) is 23.8. The Morgan fingerprint density at radius 1 is 1.25 bits per heavy atom. The number of pyridine rings is 1. The number of hydrogen-bond acceptors (Lipinski definition) is 4. The molecule has 2 heterocycles. The van der Waals surface area contributed by atoms with E-state index in [0.717, 1.165) is 23.3 Å². The van der Waals surface area contributed by atoms with Crippen molar-refractivity contribution < 1.29 is 9.53 Å². The first-order valence-electron chi connectivity index (χ1n) is 8.73. The number of nitrogens with one attached hydrogen (secondary N) is 1. The predicted molar refractivity (Wildman–Crippen MR) is 116 cm³/mol. The van der Waals surface area contributed by atoms with Crippen LogP contribution in [0.5, 0.6) is 5.75 Å². The summed E-state index contributed by atoms with van der Waals surface area (Å²) in [6.07, 6.45) is 4.63. The van der Waals surface area contributed by atoms with Crippen LogP contribution in [0.4, 0.5) is 0 Å². The number of nitrogens with zero attached hydrogens (tertiary/aromatic N) is 2. The number of carbonyl (C=O) groups excluding carboxylic acids is 1. The van der Waals surface area contributed by atoms with E-state index in [1.165, 1.54) is 0 Å². The molecule has 0 saturated carbocycles. The van der Waals surface area contributed by atoms with Crippen LogP contribution in [-0.4, -0.2) is 27.9 Å². The second-order valence-electron chi connectivity index (χ2n) is 6.46. The second kappa shape index (κ2) is 10.9. The molecule has 0 bridgehead atoms. The molecular weight excluding hydrogens is 399 g/mol. The van der Waals surface area contributed by atoms with Gasteiger partial charge in [0.25, 0.3) is 5.91 Å². The molecule has 1 aromatic carbocycles. The summed E-state index contributed by atoms with van der Waals surface area (Å²) in [4.78, 5) is 17.0. The van der Waals surface area contributed by atoms with E-state index in [2.05, 4.69) is 10.3 Å². The van der Waals surface area contributed by atoms with Gasteiger partial charge in [0.2, 0.25) is 0 Å². The number of imidazole rings is 1. The minimum atomic E-state index is -0.160. The van der Waals surface area contributed by atoms with Crippen LogP contribution in [0.3, 0.4) is 0 Å². The molecule has 0 aliphatic heterocycles. The Hall–Kier alpha value is -2.28. The number of amides is 1. The summed E-state index contributed by atoms with van der Waals surface area (Å²) in [6.45, 7) is 4.77. The number of nitrogens with two attached hydrogens (primary N) is 1. The van der Waals surface area contributed by atoms with Crippen molar-refractivity contribution in [3.05, 3.63) is 65.6 Å². The predicted octanol–water partition coefficient (Wildman–Crippen LogP) is 3.53. The Balaban J connectivity index is 0.00000196. The van der Waals surface area contributed by atoms with E-state index in [9.17, 15) is 4.79 Å². The second-order valence-corrected chi connectivity index (χ2v) is 6.46. The fourth-order valence-electron chi connectivity index (χ4n) is 2.71. The molecule has 0 aliphatic carbocycles. The Bertz CT molecular complexity index is 912. The SMILES string of the molecule is Cc1cccn2cc(COc3ccccc3C(=O)NCCC(C)N)nc12.Cl.Cl. The zero-order valence-electron chi connectivity index (χ0n) is 15.9.